The number of hydrogen-bond donors (Lipinski definition) is 1. The van der Waals surface area contributed by atoms with E-state index in [-0.39, 0.29) is 0 Å². The van der Waals surface area contributed by atoms with Crippen molar-refractivity contribution in [1.82, 2.24) is 0 Å². The molecular weight excluding hydrogens is 410 g/mol. The van der Waals surface area contributed by atoms with Crippen molar-refractivity contribution in [2.75, 3.05) is 11.0 Å². The molecule has 3 nitrogen and oxygen atoms in total. The number of rotatable bonds is 3. The molecule has 0 radical (unpaired) electrons. The van der Waals surface area contributed by atoms with Crippen molar-refractivity contribution < 1.29 is 8.42 Å². The van der Waals surface area contributed by atoms with Crippen molar-refractivity contribution in [3.05, 3.63) is 63.1 Å². The minimum atomic E-state index is -3.42. The summed E-state index contributed by atoms with van der Waals surface area (Å²) in [5.74, 6) is 0. The third-order valence-corrected chi connectivity index (χ3v) is 6.15. The summed E-state index contributed by atoms with van der Waals surface area (Å²) >= 11 is 3.67. The average molecular weight is 432 g/mol. The van der Waals surface area contributed by atoms with Crippen LogP contribution < -0.4 is 4.72 Å². The van der Waals surface area contributed by atoms with Crippen LogP contribution in [0.2, 0.25) is 0 Å². The van der Waals surface area contributed by atoms with Gasteiger partial charge >= 0.3 is 0 Å². The highest BCUT2D eigenvalue weighted by molar-refractivity contribution is 9.10. The van der Waals surface area contributed by atoms with E-state index in [4.69, 9.17) is 0 Å². The lowest BCUT2D eigenvalue weighted by atomic mass is 9.88. The molecule has 1 N–H and O–H groups in total. The normalized spacial score (nSPS) is 11.8. The summed E-state index contributed by atoms with van der Waals surface area (Å²) in [5, 5.41) is 1.85. The predicted octanol–water partition coefficient (Wildman–Crippen LogP) is 5.87. The van der Waals surface area contributed by atoms with Gasteiger partial charge in [-0.2, -0.15) is 0 Å². The van der Waals surface area contributed by atoms with E-state index >= 15 is 0 Å². The molecule has 0 aliphatic heterocycles. The first kappa shape index (κ1) is 18.9. The summed E-state index contributed by atoms with van der Waals surface area (Å²) in [6.07, 6.45) is 1.19. The van der Waals surface area contributed by atoms with Crippen LogP contribution in [0.15, 0.2) is 40.9 Å². The van der Waals surface area contributed by atoms with Crippen LogP contribution >= 0.6 is 15.9 Å². The van der Waals surface area contributed by atoms with Gasteiger partial charge in [0, 0.05) is 15.4 Å². The molecule has 26 heavy (non-hydrogen) atoms. The molecule has 0 saturated carbocycles. The second kappa shape index (κ2) is 6.71. The van der Waals surface area contributed by atoms with Gasteiger partial charge in [-0.3, -0.25) is 4.72 Å². The van der Waals surface area contributed by atoms with E-state index in [1.807, 2.05) is 30.3 Å². The summed E-state index contributed by atoms with van der Waals surface area (Å²) in [4.78, 5) is 0. The van der Waals surface area contributed by atoms with Crippen molar-refractivity contribution in [1.29, 1.82) is 0 Å². The zero-order chi connectivity index (χ0) is 19.2. The standard InChI is InChI=1S/C21H22BrNO2S/c1-12-10-13(2)15(4)20(14(12)3)18-11-19(22)16-8-6-7-9-17(16)21(18)23-26(5,24)25/h6-11,23H,1-5H3. The van der Waals surface area contributed by atoms with Crippen LogP contribution in [-0.4, -0.2) is 14.7 Å². The Balaban J connectivity index is 2.50. The largest absolute Gasteiger partial charge is 0.283 e. The Morgan fingerprint density at radius 3 is 1.96 bits per heavy atom. The first-order chi connectivity index (χ1) is 12.1. The van der Waals surface area contributed by atoms with Crippen LogP contribution in [0.4, 0.5) is 5.69 Å². The number of sulfonamides is 1. The molecule has 0 aromatic heterocycles. The average Bonchev–Trinajstić information content (AvgIpc) is 2.56. The van der Waals surface area contributed by atoms with E-state index in [1.165, 1.54) is 17.4 Å². The molecule has 3 rings (SSSR count). The fourth-order valence-electron chi connectivity index (χ4n) is 3.44. The lowest BCUT2D eigenvalue weighted by Crippen LogP contribution is -2.11. The zero-order valence-corrected chi connectivity index (χ0v) is 18.0. The number of halogens is 1. The van der Waals surface area contributed by atoms with Gasteiger partial charge in [0.15, 0.2) is 0 Å². The second-order valence-corrected chi connectivity index (χ2v) is 9.44. The Morgan fingerprint density at radius 1 is 0.885 bits per heavy atom. The summed E-state index contributed by atoms with van der Waals surface area (Å²) in [6, 6.07) is 12.0. The molecule has 0 heterocycles. The Labute approximate surface area is 163 Å². The summed E-state index contributed by atoms with van der Waals surface area (Å²) < 4.78 is 27.9. The van der Waals surface area contributed by atoms with Crippen LogP contribution in [-0.2, 0) is 10.0 Å². The van der Waals surface area contributed by atoms with Crippen molar-refractivity contribution in [2.24, 2.45) is 0 Å². The topological polar surface area (TPSA) is 46.2 Å². The zero-order valence-electron chi connectivity index (χ0n) is 15.6. The van der Waals surface area contributed by atoms with Gasteiger partial charge in [0.25, 0.3) is 0 Å². The fourth-order valence-corrected chi connectivity index (χ4v) is 4.61. The summed E-state index contributed by atoms with van der Waals surface area (Å²) in [7, 11) is -3.42. The lowest BCUT2D eigenvalue weighted by Gasteiger charge is -2.21. The molecule has 0 atom stereocenters. The Morgan fingerprint density at radius 2 is 1.42 bits per heavy atom. The van der Waals surface area contributed by atoms with Crippen molar-refractivity contribution in [3.63, 3.8) is 0 Å². The predicted molar refractivity (Wildman–Crippen MR) is 114 cm³/mol. The van der Waals surface area contributed by atoms with Gasteiger partial charge < -0.3 is 0 Å². The quantitative estimate of drug-likeness (QED) is 0.562. The lowest BCUT2D eigenvalue weighted by molar-refractivity contribution is 0.607. The minimum absolute atomic E-state index is 0.627. The first-order valence-electron chi connectivity index (χ1n) is 8.37. The van der Waals surface area contributed by atoms with E-state index in [0.29, 0.717) is 5.69 Å². The maximum absolute atomic E-state index is 12.1. The molecule has 3 aromatic carbocycles. The molecule has 0 saturated heterocycles. The number of nitrogens with one attached hydrogen (secondary N) is 1. The molecule has 3 aromatic rings. The maximum Gasteiger partial charge on any atom is 0.229 e. The van der Waals surface area contributed by atoms with Gasteiger partial charge in [-0.25, -0.2) is 8.42 Å². The molecule has 0 aliphatic carbocycles. The van der Waals surface area contributed by atoms with Crippen molar-refractivity contribution in [2.45, 2.75) is 27.7 Å². The van der Waals surface area contributed by atoms with Crippen LogP contribution in [0.5, 0.6) is 0 Å². The molecular formula is C21H22BrNO2S. The van der Waals surface area contributed by atoms with Gasteiger partial charge in [0.05, 0.1) is 11.9 Å². The highest BCUT2D eigenvalue weighted by Gasteiger charge is 2.19. The molecule has 0 fully saturated rings. The van der Waals surface area contributed by atoms with Crippen molar-refractivity contribution >= 4 is 42.4 Å². The third kappa shape index (κ3) is 3.38. The smallest absolute Gasteiger partial charge is 0.229 e. The van der Waals surface area contributed by atoms with Gasteiger partial charge in [-0.1, -0.05) is 46.3 Å². The molecule has 0 aliphatic rings. The number of aryl methyl sites for hydroxylation is 2. The number of hydrogen-bond acceptors (Lipinski definition) is 2. The first-order valence-corrected chi connectivity index (χ1v) is 11.1. The minimum Gasteiger partial charge on any atom is -0.283 e. The maximum atomic E-state index is 12.1. The molecule has 0 spiro atoms. The SMILES string of the molecule is Cc1cc(C)c(C)c(-c2cc(Br)c3ccccc3c2NS(C)(=O)=O)c1C. The van der Waals surface area contributed by atoms with Crippen LogP contribution in [0.3, 0.4) is 0 Å². The molecule has 5 heteroatoms. The molecule has 0 unspecified atom stereocenters. The van der Waals surface area contributed by atoms with Crippen LogP contribution in [0, 0.1) is 27.7 Å². The fraction of sp³-hybridized carbons (Fsp3) is 0.238. The summed E-state index contributed by atoms with van der Waals surface area (Å²) in [5.41, 5.74) is 7.31. The molecule has 136 valence electrons. The Hall–Kier alpha value is -1.85. The number of anilines is 1. The Bertz CT molecular complexity index is 1110. The van der Waals surface area contributed by atoms with E-state index in [9.17, 15) is 8.42 Å². The van der Waals surface area contributed by atoms with E-state index in [0.717, 1.165) is 37.5 Å². The number of benzene rings is 3. The summed E-state index contributed by atoms with van der Waals surface area (Å²) in [6.45, 7) is 8.35. The van der Waals surface area contributed by atoms with Gasteiger partial charge in [0.2, 0.25) is 10.0 Å². The van der Waals surface area contributed by atoms with Gasteiger partial charge in [-0.05, 0) is 67.0 Å². The van der Waals surface area contributed by atoms with Gasteiger partial charge in [0.1, 0.15) is 0 Å². The van der Waals surface area contributed by atoms with Gasteiger partial charge in [-0.15, -0.1) is 0 Å². The highest BCUT2D eigenvalue weighted by atomic mass is 79.9. The van der Waals surface area contributed by atoms with E-state index in [1.54, 1.807) is 0 Å². The second-order valence-electron chi connectivity index (χ2n) is 6.84. The molecule has 0 amide bonds. The Kier molecular flexibility index (Phi) is 4.88. The van der Waals surface area contributed by atoms with Crippen LogP contribution in [0.25, 0.3) is 21.9 Å². The monoisotopic (exact) mass is 431 g/mol. The molecule has 0 bridgehead atoms. The van der Waals surface area contributed by atoms with Crippen LogP contribution in [0.1, 0.15) is 22.3 Å². The van der Waals surface area contributed by atoms with E-state index < -0.39 is 10.0 Å². The van der Waals surface area contributed by atoms with E-state index in [2.05, 4.69) is 54.4 Å². The van der Waals surface area contributed by atoms with Crippen molar-refractivity contribution in [3.8, 4) is 11.1 Å². The highest BCUT2D eigenvalue weighted by Crippen LogP contribution is 2.43. The third-order valence-electron chi connectivity index (χ3n) is 4.92. The number of fused-ring (bicyclic) bond motifs is 1.